The van der Waals surface area contributed by atoms with E-state index in [0.717, 1.165) is 5.56 Å². The first-order chi connectivity index (χ1) is 12.0. The Bertz CT molecular complexity index is 656. The summed E-state index contributed by atoms with van der Waals surface area (Å²) in [6, 6.07) is 3.69. The van der Waals surface area contributed by atoms with E-state index >= 15 is 0 Å². The van der Waals surface area contributed by atoms with Gasteiger partial charge in [-0.2, -0.15) is 0 Å². The number of anilines is 1. The van der Waals surface area contributed by atoms with E-state index in [9.17, 15) is 14.4 Å². The summed E-state index contributed by atoms with van der Waals surface area (Å²) in [5.41, 5.74) is 1.04. The fourth-order valence-corrected chi connectivity index (χ4v) is 3.87. The van der Waals surface area contributed by atoms with Crippen molar-refractivity contribution in [1.29, 1.82) is 0 Å². The van der Waals surface area contributed by atoms with Crippen molar-refractivity contribution in [2.45, 2.75) is 19.8 Å². The van der Waals surface area contributed by atoms with Gasteiger partial charge in [0.2, 0.25) is 17.7 Å². The second-order valence-electron chi connectivity index (χ2n) is 6.43. The molecule has 1 aromatic rings. The number of pyridine rings is 1. The third kappa shape index (κ3) is 4.50. The average Bonchev–Trinajstić information content (AvgIpc) is 3.02. The van der Waals surface area contributed by atoms with Crippen LogP contribution < -0.4 is 5.32 Å². The normalized spacial score (nSPS) is 18.5. The number of aryl methyl sites for hydroxylation is 1. The smallest absolute Gasteiger partial charge is 0.242 e. The van der Waals surface area contributed by atoms with Crippen LogP contribution in [0.5, 0.6) is 0 Å². The van der Waals surface area contributed by atoms with Gasteiger partial charge in [0.25, 0.3) is 0 Å². The van der Waals surface area contributed by atoms with Crippen LogP contribution >= 0.6 is 11.8 Å². The summed E-state index contributed by atoms with van der Waals surface area (Å²) in [5, 5.41) is 2.84. The Labute approximate surface area is 151 Å². The number of carbonyl (C=O) groups is 3. The van der Waals surface area contributed by atoms with Crippen molar-refractivity contribution < 1.29 is 14.4 Å². The molecule has 0 bridgehead atoms. The molecule has 2 aliphatic heterocycles. The molecule has 2 saturated heterocycles. The highest BCUT2D eigenvalue weighted by Gasteiger charge is 2.30. The van der Waals surface area contributed by atoms with Crippen LogP contribution in [0, 0.1) is 12.8 Å². The Balaban J connectivity index is 1.46. The van der Waals surface area contributed by atoms with Crippen molar-refractivity contribution in [2.75, 3.05) is 36.6 Å². The van der Waals surface area contributed by atoms with Crippen LogP contribution in [-0.4, -0.2) is 63.8 Å². The van der Waals surface area contributed by atoms with Gasteiger partial charge < -0.3 is 15.1 Å². The molecule has 0 atom stereocenters. The van der Waals surface area contributed by atoms with Crippen molar-refractivity contribution in [2.24, 2.45) is 5.92 Å². The second kappa shape index (κ2) is 7.86. The SMILES string of the molecule is Cc1ccc(NC(=O)C2CCN(C(=O)CN3CSCC3=O)CC2)nc1. The van der Waals surface area contributed by atoms with Crippen LogP contribution in [0.4, 0.5) is 5.82 Å². The van der Waals surface area contributed by atoms with Crippen LogP contribution in [0.25, 0.3) is 0 Å². The number of aromatic nitrogens is 1. The van der Waals surface area contributed by atoms with E-state index in [1.165, 1.54) is 11.8 Å². The minimum atomic E-state index is -0.115. The number of nitrogens with zero attached hydrogens (tertiary/aromatic N) is 3. The lowest BCUT2D eigenvalue weighted by molar-refractivity contribution is -0.139. The fourth-order valence-electron chi connectivity index (χ4n) is 2.96. The Hall–Kier alpha value is -2.09. The molecule has 2 aliphatic rings. The van der Waals surface area contributed by atoms with Gasteiger partial charge in [-0.3, -0.25) is 14.4 Å². The molecule has 3 heterocycles. The van der Waals surface area contributed by atoms with Crippen LogP contribution in [-0.2, 0) is 14.4 Å². The van der Waals surface area contributed by atoms with Gasteiger partial charge in [-0.25, -0.2) is 4.98 Å². The highest BCUT2D eigenvalue weighted by atomic mass is 32.2. The van der Waals surface area contributed by atoms with Gasteiger partial charge in [0.05, 0.1) is 11.6 Å². The summed E-state index contributed by atoms with van der Waals surface area (Å²) < 4.78 is 0. The molecule has 0 unspecified atom stereocenters. The van der Waals surface area contributed by atoms with Gasteiger partial charge in [-0.1, -0.05) is 6.07 Å². The summed E-state index contributed by atoms with van der Waals surface area (Å²) in [7, 11) is 0. The minimum absolute atomic E-state index is 0.0261. The number of likely N-dealkylation sites (tertiary alicyclic amines) is 1. The number of rotatable bonds is 4. The third-order valence-electron chi connectivity index (χ3n) is 4.53. The van der Waals surface area contributed by atoms with Gasteiger partial charge in [-0.15, -0.1) is 11.8 Å². The largest absolute Gasteiger partial charge is 0.341 e. The fraction of sp³-hybridized carbons (Fsp3) is 0.529. The van der Waals surface area contributed by atoms with Gasteiger partial charge in [0.15, 0.2) is 0 Å². The first kappa shape index (κ1) is 17.7. The molecule has 0 radical (unpaired) electrons. The molecule has 0 spiro atoms. The number of hydrogen-bond donors (Lipinski definition) is 1. The highest BCUT2D eigenvalue weighted by Crippen LogP contribution is 2.20. The first-order valence-electron chi connectivity index (χ1n) is 8.40. The highest BCUT2D eigenvalue weighted by molar-refractivity contribution is 8.00. The summed E-state index contributed by atoms with van der Waals surface area (Å²) in [5.74, 6) is 1.44. The van der Waals surface area contributed by atoms with Crippen molar-refractivity contribution in [3.63, 3.8) is 0 Å². The lowest BCUT2D eigenvalue weighted by Gasteiger charge is -2.32. The predicted octanol–water partition coefficient (Wildman–Crippen LogP) is 1.10. The van der Waals surface area contributed by atoms with E-state index in [0.29, 0.717) is 43.4 Å². The maximum atomic E-state index is 12.3. The van der Waals surface area contributed by atoms with E-state index in [1.54, 1.807) is 22.1 Å². The number of amides is 3. The lowest BCUT2D eigenvalue weighted by atomic mass is 9.96. The predicted molar refractivity (Wildman–Crippen MR) is 95.9 cm³/mol. The van der Waals surface area contributed by atoms with Crippen molar-refractivity contribution >= 4 is 35.3 Å². The number of thioether (sulfide) groups is 1. The number of piperidine rings is 1. The Kier molecular flexibility index (Phi) is 5.57. The summed E-state index contributed by atoms with van der Waals surface area (Å²) >= 11 is 1.53. The maximum absolute atomic E-state index is 12.3. The molecule has 3 rings (SSSR count). The van der Waals surface area contributed by atoms with E-state index in [-0.39, 0.29) is 30.2 Å². The first-order valence-corrected chi connectivity index (χ1v) is 9.55. The molecule has 0 aliphatic carbocycles. The van der Waals surface area contributed by atoms with Crippen LogP contribution in [0.1, 0.15) is 18.4 Å². The van der Waals surface area contributed by atoms with Gasteiger partial charge in [0, 0.05) is 25.2 Å². The zero-order valence-electron chi connectivity index (χ0n) is 14.2. The molecule has 25 heavy (non-hydrogen) atoms. The molecular weight excluding hydrogens is 340 g/mol. The maximum Gasteiger partial charge on any atom is 0.242 e. The van der Waals surface area contributed by atoms with Gasteiger partial charge in [-0.05, 0) is 31.4 Å². The molecule has 134 valence electrons. The Morgan fingerprint density at radius 1 is 1.32 bits per heavy atom. The second-order valence-corrected chi connectivity index (χ2v) is 7.39. The number of nitrogens with one attached hydrogen (secondary N) is 1. The zero-order chi connectivity index (χ0) is 17.8. The van der Waals surface area contributed by atoms with E-state index in [4.69, 9.17) is 0 Å². The molecule has 7 nitrogen and oxygen atoms in total. The zero-order valence-corrected chi connectivity index (χ0v) is 15.1. The van der Waals surface area contributed by atoms with Crippen LogP contribution in [0.15, 0.2) is 18.3 Å². The number of carbonyl (C=O) groups excluding carboxylic acids is 3. The molecule has 0 aromatic carbocycles. The summed E-state index contributed by atoms with van der Waals surface area (Å²) in [6.45, 7) is 3.19. The van der Waals surface area contributed by atoms with E-state index in [2.05, 4.69) is 10.3 Å². The Morgan fingerprint density at radius 2 is 2.08 bits per heavy atom. The molecule has 0 saturated carbocycles. The third-order valence-corrected chi connectivity index (χ3v) is 5.48. The molecule has 2 fully saturated rings. The van der Waals surface area contributed by atoms with Crippen molar-refractivity contribution in [3.8, 4) is 0 Å². The molecular formula is C17H22N4O3S. The summed E-state index contributed by atoms with van der Waals surface area (Å²) in [6.07, 6.45) is 2.98. The van der Waals surface area contributed by atoms with Crippen molar-refractivity contribution in [3.05, 3.63) is 23.9 Å². The van der Waals surface area contributed by atoms with E-state index < -0.39 is 0 Å². The topological polar surface area (TPSA) is 82.6 Å². The average molecular weight is 362 g/mol. The number of hydrogen-bond acceptors (Lipinski definition) is 5. The van der Waals surface area contributed by atoms with Gasteiger partial charge in [0.1, 0.15) is 12.4 Å². The quantitative estimate of drug-likeness (QED) is 0.867. The van der Waals surface area contributed by atoms with Gasteiger partial charge >= 0.3 is 0 Å². The monoisotopic (exact) mass is 362 g/mol. The van der Waals surface area contributed by atoms with E-state index in [1.807, 2.05) is 13.0 Å². The summed E-state index contributed by atoms with van der Waals surface area (Å²) in [4.78, 5) is 43.8. The molecule has 1 N–H and O–H groups in total. The molecule has 8 heteroatoms. The lowest BCUT2D eigenvalue weighted by Crippen LogP contribution is -2.46. The Morgan fingerprint density at radius 3 is 2.68 bits per heavy atom. The standard InChI is InChI=1S/C17H22N4O3S/c1-12-2-3-14(18-8-12)19-17(24)13-4-6-20(7-5-13)15(22)9-21-11-25-10-16(21)23/h2-3,8,13H,4-7,9-11H2,1H3,(H,18,19,24). The van der Waals surface area contributed by atoms with Crippen molar-refractivity contribution in [1.82, 2.24) is 14.8 Å². The minimum Gasteiger partial charge on any atom is -0.341 e. The molecule has 1 aromatic heterocycles. The van der Waals surface area contributed by atoms with Crippen LogP contribution in [0.2, 0.25) is 0 Å². The van der Waals surface area contributed by atoms with Crippen LogP contribution in [0.3, 0.4) is 0 Å². The molecule has 3 amide bonds.